The van der Waals surface area contributed by atoms with Crippen molar-refractivity contribution < 1.29 is 19.4 Å². The van der Waals surface area contributed by atoms with Crippen molar-refractivity contribution >= 4 is 16.9 Å². The van der Waals surface area contributed by atoms with Gasteiger partial charge in [-0.15, -0.1) is 0 Å². The Bertz CT molecular complexity index is 1400. The average Bonchev–Trinajstić information content (AvgIpc) is 3.02. The summed E-state index contributed by atoms with van der Waals surface area (Å²) in [6.07, 6.45) is 0. The smallest absolute Gasteiger partial charge is 0.345 e. The first-order valence-corrected chi connectivity index (χ1v) is 9.89. The van der Waals surface area contributed by atoms with Crippen LogP contribution < -0.4 is 5.56 Å². The van der Waals surface area contributed by atoms with Gasteiger partial charge in [0, 0.05) is 35.8 Å². The molecule has 2 aromatic carbocycles. The number of aromatic carboxylic acids is 1. The molecule has 0 radical (unpaired) electrons. The van der Waals surface area contributed by atoms with Crippen LogP contribution in [0.25, 0.3) is 33.3 Å². The van der Waals surface area contributed by atoms with Crippen LogP contribution in [0.15, 0.2) is 53.3 Å². The van der Waals surface area contributed by atoms with Crippen molar-refractivity contribution in [2.45, 2.75) is 6.54 Å². The summed E-state index contributed by atoms with van der Waals surface area (Å²) in [6, 6.07) is 12.9. The minimum Gasteiger partial charge on any atom is -0.506 e. The molecular weight excluding hydrogens is 413 g/mol. The van der Waals surface area contributed by atoms with E-state index in [0.29, 0.717) is 11.1 Å². The van der Waals surface area contributed by atoms with Crippen LogP contribution in [0.5, 0.6) is 5.75 Å². The molecule has 3 N–H and O–H groups in total. The summed E-state index contributed by atoms with van der Waals surface area (Å²) in [6.45, 7) is 0.742. The van der Waals surface area contributed by atoms with E-state index in [1.165, 1.54) is 24.3 Å². The van der Waals surface area contributed by atoms with Crippen molar-refractivity contribution in [2.24, 2.45) is 7.05 Å². The third-order valence-corrected chi connectivity index (χ3v) is 5.44. The van der Waals surface area contributed by atoms with E-state index in [1.54, 1.807) is 6.07 Å². The summed E-state index contributed by atoms with van der Waals surface area (Å²) in [5, 5.41) is 21.1. The highest BCUT2D eigenvalue weighted by atomic mass is 19.1. The molecule has 8 heteroatoms. The van der Waals surface area contributed by atoms with Crippen molar-refractivity contribution in [2.75, 3.05) is 14.1 Å². The molecule has 0 spiro atoms. The Balaban J connectivity index is 1.98. The first-order valence-electron chi connectivity index (χ1n) is 9.89. The number of aryl methyl sites for hydroxylation is 1. The quantitative estimate of drug-likeness (QED) is 0.443. The first-order chi connectivity index (χ1) is 15.2. The number of nitrogens with one attached hydrogen (secondary N) is 1. The number of nitrogens with zero attached hydrogens (tertiary/aromatic N) is 2. The van der Waals surface area contributed by atoms with Crippen LogP contribution in [0, 0.1) is 5.82 Å². The predicted molar refractivity (Wildman–Crippen MR) is 120 cm³/mol. The van der Waals surface area contributed by atoms with Crippen LogP contribution in [0.4, 0.5) is 4.39 Å². The van der Waals surface area contributed by atoms with E-state index in [-0.39, 0.29) is 11.3 Å². The van der Waals surface area contributed by atoms with Crippen LogP contribution in [0.1, 0.15) is 16.1 Å². The topological polar surface area (TPSA) is 98.6 Å². The standard InChI is InChI=1S/C24H22FN3O4/c1-27(2)12-17-11-15-10-14(6-9-18(15)28(17)3)21-19(13-4-7-16(25)8-5-13)22(29)20(24(31)32)23(30)26-21/h4-11H,12H2,1-3H3,(H,31,32)(H2,26,29,30). The first kappa shape index (κ1) is 21.3. The van der Waals surface area contributed by atoms with E-state index in [0.717, 1.165) is 23.1 Å². The molecule has 164 valence electrons. The second-order valence-electron chi connectivity index (χ2n) is 7.95. The van der Waals surface area contributed by atoms with Crippen molar-refractivity contribution in [3.8, 4) is 28.1 Å². The predicted octanol–water partition coefficient (Wildman–Crippen LogP) is 3.81. The number of carbonyl (C=O) groups is 1. The van der Waals surface area contributed by atoms with Gasteiger partial charge < -0.3 is 24.7 Å². The number of fused-ring (bicyclic) bond motifs is 1. The SMILES string of the molecule is CN(C)Cc1cc2cc(-c3[nH]c(=O)c(C(=O)O)c(O)c3-c3ccc(F)cc3)ccc2n1C. The second kappa shape index (κ2) is 7.97. The maximum atomic E-state index is 13.5. The van der Waals surface area contributed by atoms with Crippen LogP contribution in [0.2, 0.25) is 0 Å². The maximum Gasteiger partial charge on any atom is 0.345 e. The monoisotopic (exact) mass is 435 g/mol. The molecule has 0 aliphatic heterocycles. The highest BCUT2D eigenvalue weighted by Crippen LogP contribution is 2.39. The van der Waals surface area contributed by atoms with Gasteiger partial charge in [-0.1, -0.05) is 18.2 Å². The van der Waals surface area contributed by atoms with E-state index in [2.05, 4.69) is 14.5 Å². The van der Waals surface area contributed by atoms with Gasteiger partial charge in [-0.25, -0.2) is 9.18 Å². The number of aromatic nitrogens is 2. The number of rotatable bonds is 5. The molecule has 2 heterocycles. The van der Waals surface area contributed by atoms with Gasteiger partial charge in [0.25, 0.3) is 5.56 Å². The summed E-state index contributed by atoms with van der Waals surface area (Å²) in [5.41, 5.74) is 1.73. The van der Waals surface area contributed by atoms with Gasteiger partial charge in [0.05, 0.1) is 5.69 Å². The number of hydrogen-bond acceptors (Lipinski definition) is 4. The Morgan fingerprint density at radius 2 is 1.75 bits per heavy atom. The molecule has 0 fully saturated rings. The number of carboxylic acid groups (broad SMARTS) is 1. The number of aromatic amines is 1. The summed E-state index contributed by atoms with van der Waals surface area (Å²) in [5.74, 6) is -2.69. The molecule has 0 saturated heterocycles. The Morgan fingerprint density at radius 3 is 2.38 bits per heavy atom. The van der Waals surface area contributed by atoms with Crippen molar-refractivity contribution in [3.05, 3.63) is 76.0 Å². The molecule has 0 amide bonds. The van der Waals surface area contributed by atoms with E-state index in [4.69, 9.17) is 0 Å². The van der Waals surface area contributed by atoms with Gasteiger partial charge in [-0.2, -0.15) is 0 Å². The summed E-state index contributed by atoms with van der Waals surface area (Å²) < 4.78 is 15.6. The zero-order chi connectivity index (χ0) is 23.2. The number of benzene rings is 2. The number of pyridine rings is 1. The van der Waals surface area contributed by atoms with Crippen molar-refractivity contribution in [1.82, 2.24) is 14.5 Å². The van der Waals surface area contributed by atoms with Crippen molar-refractivity contribution in [3.63, 3.8) is 0 Å². The number of H-pyrrole nitrogens is 1. The molecule has 7 nitrogen and oxygen atoms in total. The van der Waals surface area contributed by atoms with Crippen molar-refractivity contribution in [1.29, 1.82) is 0 Å². The number of hydrogen-bond donors (Lipinski definition) is 3. The maximum absolute atomic E-state index is 13.5. The van der Waals surface area contributed by atoms with Crippen LogP contribution in [-0.2, 0) is 13.6 Å². The van der Waals surface area contributed by atoms with Gasteiger partial charge in [-0.3, -0.25) is 4.79 Å². The van der Waals surface area contributed by atoms with Crippen LogP contribution in [-0.4, -0.2) is 44.7 Å². The molecule has 0 unspecified atom stereocenters. The Morgan fingerprint density at radius 1 is 1.09 bits per heavy atom. The Kier molecular flexibility index (Phi) is 5.31. The van der Waals surface area contributed by atoms with Gasteiger partial charge in [0.2, 0.25) is 0 Å². The zero-order valence-electron chi connectivity index (χ0n) is 17.8. The third kappa shape index (κ3) is 3.65. The summed E-state index contributed by atoms with van der Waals surface area (Å²) in [7, 11) is 5.94. The fourth-order valence-corrected chi connectivity index (χ4v) is 3.94. The van der Waals surface area contributed by atoms with E-state index in [1.807, 2.05) is 39.3 Å². The summed E-state index contributed by atoms with van der Waals surface area (Å²) >= 11 is 0. The minimum atomic E-state index is -1.55. The lowest BCUT2D eigenvalue weighted by Gasteiger charge is -2.14. The molecule has 0 saturated carbocycles. The number of aromatic hydroxyl groups is 1. The lowest BCUT2D eigenvalue weighted by molar-refractivity contribution is 0.0692. The fourth-order valence-electron chi connectivity index (χ4n) is 3.94. The second-order valence-corrected chi connectivity index (χ2v) is 7.95. The highest BCUT2D eigenvalue weighted by molar-refractivity contribution is 5.98. The average molecular weight is 435 g/mol. The number of carboxylic acids is 1. The molecule has 2 aromatic heterocycles. The lowest BCUT2D eigenvalue weighted by Crippen LogP contribution is -2.19. The minimum absolute atomic E-state index is 0.116. The number of halogens is 1. The fraction of sp³-hybridized carbons (Fsp3) is 0.167. The van der Waals surface area contributed by atoms with Gasteiger partial charge in [-0.05, 0) is 55.6 Å². The molecule has 0 atom stereocenters. The Labute approximate surface area is 183 Å². The molecule has 4 aromatic rings. The molecule has 0 bridgehead atoms. The molecular formula is C24H22FN3O4. The Hall–Kier alpha value is -3.91. The largest absolute Gasteiger partial charge is 0.506 e. The van der Waals surface area contributed by atoms with E-state index < -0.39 is 28.7 Å². The normalized spacial score (nSPS) is 11.4. The van der Waals surface area contributed by atoms with E-state index in [9.17, 15) is 24.2 Å². The molecule has 4 rings (SSSR count). The van der Waals surface area contributed by atoms with Gasteiger partial charge >= 0.3 is 5.97 Å². The van der Waals surface area contributed by atoms with Crippen LogP contribution >= 0.6 is 0 Å². The zero-order valence-corrected chi connectivity index (χ0v) is 17.8. The van der Waals surface area contributed by atoms with E-state index >= 15 is 0 Å². The summed E-state index contributed by atoms with van der Waals surface area (Å²) in [4.78, 5) is 28.7. The molecule has 0 aliphatic rings. The molecule has 32 heavy (non-hydrogen) atoms. The lowest BCUT2D eigenvalue weighted by atomic mass is 9.96. The van der Waals surface area contributed by atoms with Crippen LogP contribution in [0.3, 0.4) is 0 Å². The highest BCUT2D eigenvalue weighted by Gasteiger charge is 2.24. The van der Waals surface area contributed by atoms with Gasteiger partial charge in [0.15, 0.2) is 5.56 Å². The van der Waals surface area contributed by atoms with Gasteiger partial charge in [0.1, 0.15) is 11.6 Å². The molecule has 0 aliphatic carbocycles. The third-order valence-electron chi connectivity index (χ3n) is 5.44.